The zero-order valence-electron chi connectivity index (χ0n) is 12.6. The molecule has 0 unspecified atom stereocenters. The van der Waals surface area contributed by atoms with Gasteiger partial charge < -0.3 is 14.8 Å². The summed E-state index contributed by atoms with van der Waals surface area (Å²) in [4.78, 5) is 8.84. The van der Waals surface area contributed by atoms with E-state index in [1.54, 1.807) is 6.07 Å². The Morgan fingerprint density at radius 1 is 1.25 bits per heavy atom. The summed E-state index contributed by atoms with van der Waals surface area (Å²) < 4.78 is 45.1. The van der Waals surface area contributed by atoms with Crippen LogP contribution in [-0.4, -0.2) is 27.8 Å². The number of halogens is 3. The Morgan fingerprint density at radius 3 is 2.71 bits per heavy atom. The molecule has 0 amide bonds. The highest BCUT2D eigenvalue weighted by molar-refractivity contribution is 7.16. The lowest BCUT2D eigenvalue weighted by Gasteiger charge is -2.28. The van der Waals surface area contributed by atoms with Crippen LogP contribution in [0, 0.1) is 6.92 Å². The fraction of sp³-hybridized carbons (Fsp3) is 0.333. The number of furan rings is 1. The van der Waals surface area contributed by atoms with Gasteiger partial charge in [-0.05, 0) is 30.5 Å². The topological polar surface area (TPSA) is 71.2 Å². The van der Waals surface area contributed by atoms with Crippen LogP contribution in [-0.2, 0) is 5.60 Å². The third-order valence-electron chi connectivity index (χ3n) is 3.66. The molecule has 0 aliphatic carbocycles. The van der Waals surface area contributed by atoms with Crippen molar-refractivity contribution in [1.29, 1.82) is 0 Å². The van der Waals surface area contributed by atoms with Crippen molar-refractivity contribution >= 4 is 27.4 Å². The van der Waals surface area contributed by atoms with Crippen molar-refractivity contribution in [3.8, 4) is 0 Å². The molecule has 3 heterocycles. The minimum Gasteiger partial charge on any atom is -0.463 e. The summed E-state index contributed by atoms with van der Waals surface area (Å²) in [6.07, 6.45) is -4.13. The highest BCUT2D eigenvalue weighted by atomic mass is 32.1. The molecule has 0 saturated heterocycles. The molecule has 3 rings (SSSR count). The van der Waals surface area contributed by atoms with Crippen LogP contribution in [0.25, 0.3) is 10.2 Å². The van der Waals surface area contributed by atoms with Gasteiger partial charge in [0.25, 0.3) is 0 Å². The number of hydrogen-bond donors (Lipinski definition) is 2. The summed E-state index contributed by atoms with van der Waals surface area (Å²) in [5.41, 5.74) is -3.06. The van der Waals surface area contributed by atoms with Crippen molar-refractivity contribution in [1.82, 2.24) is 9.97 Å². The Bertz CT molecular complexity index is 846. The van der Waals surface area contributed by atoms with Crippen LogP contribution in [0.1, 0.15) is 17.9 Å². The summed E-state index contributed by atoms with van der Waals surface area (Å²) in [6.45, 7) is 1.38. The van der Waals surface area contributed by atoms with Gasteiger partial charge in [-0.15, -0.1) is 11.3 Å². The van der Waals surface area contributed by atoms with E-state index in [-0.39, 0.29) is 6.54 Å². The second-order valence-electron chi connectivity index (χ2n) is 5.31. The molecule has 0 aliphatic rings. The van der Waals surface area contributed by atoms with E-state index in [1.807, 2.05) is 5.38 Å². The van der Waals surface area contributed by atoms with Crippen molar-refractivity contribution in [3.05, 3.63) is 41.4 Å². The highest BCUT2D eigenvalue weighted by Gasteiger charge is 2.56. The van der Waals surface area contributed by atoms with E-state index in [0.29, 0.717) is 11.6 Å². The van der Waals surface area contributed by atoms with Gasteiger partial charge in [-0.25, -0.2) is 9.97 Å². The van der Waals surface area contributed by atoms with Gasteiger partial charge >= 0.3 is 6.18 Å². The Hall–Kier alpha value is -2.13. The van der Waals surface area contributed by atoms with Crippen molar-refractivity contribution in [2.24, 2.45) is 0 Å². The fourth-order valence-corrected chi connectivity index (χ4v) is 3.09. The molecule has 0 bridgehead atoms. The van der Waals surface area contributed by atoms with Gasteiger partial charge in [0.2, 0.25) is 5.60 Å². The molecule has 0 spiro atoms. The van der Waals surface area contributed by atoms with E-state index in [0.717, 1.165) is 16.3 Å². The van der Waals surface area contributed by atoms with Crippen LogP contribution in [0.2, 0.25) is 0 Å². The number of hydrogen-bond acceptors (Lipinski definition) is 6. The van der Waals surface area contributed by atoms with E-state index in [1.165, 1.54) is 30.7 Å². The Balaban J connectivity index is 1.78. The number of aryl methyl sites for hydroxylation is 1. The van der Waals surface area contributed by atoms with E-state index in [2.05, 4.69) is 15.3 Å². The van der Waals surface area contributed by atoms with E-state index >= 15 is 0 Å². The number of rotatable bonds is 5. The first-order valence-corrected chi connectivity index (χ1v) is 7.97. The van der Waals surface area contributed by atoms with Crippen LogP contribution in [0.3, 0.4) is 0 Å². The van der Waals surface area contributed by atoms with Gasteiger partial charge in [0.15, 0.2) is 0 Å². The van der Waals surface area contributed by atoms with E-state index < -0.39 is 24.0 Å². The Labute approximate surface area is 139 Å². The number of aromatic nitrogens is 2. The fourth-order valence-electron chi connectivity index (χ4n) is 2.35. The van der Waals surface area contributed by atoms with E-state index in [4.69, 9.17) is 4.42 Å². The van der Waals surface area contributed by atoms with Gasteiger partial charge in [-0.3, -0.25) is 0 Å². The third-order valence-corrected chi connectivity index (χ3v) is 4.48. The molecule has 3 aromatic rings. The first-order chi connectivity index (χ1) is 11.3. The molecule has 2 N–H and O–H groups in total. The summed E-state index contributed by atoms with van der Waals surface area (Å²) in [5, 5.41) is 15.6. The molecule has 0 aromatic carbocycles. The second-order valence-corrected chi connectivity index (χ2v) is 6.20. The smallest absolute Gasteiger partial charge is 0.424 e. The van der Waals surface area contributed by atoms with Crippen molar-refractivity contribution in [3.63, 3.8) is 0 Å². The molecule has 3 aromatic heterocycles. The molecule has 5 nitrogen and oxygen atoms in total. The first-order valence-electron chi connectivity index (χ1n) is 7.09. The average Bonchev–Trinajstić information content (AvgIpc) is 3.15. The zero-order chi connectivity index (χ0) is 17.4. The third kappa shape index (κ3) is 2.96. The lowest BCUT2D eigenvalue weighted by molar-refractivity contribution is -0.274. The average molecular weight is 357 g/mol. The Morgan fingerprint density at radius 2 is 2.04 bits per heavy atom. The van der Waals surface area contributed by atoms with Gasteiger partial charge in [0.1, 0.15) is 28.5 Å². The van der Waals surface area contributed by atoms with Gasteiger partial charge in [-0.1, -0.05) is 0 Å². The number of thiophene rings is 1. The maximum Gasteiger partial charge on any atom is 0.424 e. The van der Waals surface area contributed by atoms with Crippen LogP contribution < -0.4 is 5.32 Å². The zero-order valence-corrected chi connectivity index (χ0v) is 13.4. The number of alkyl halides is 3. The molecule has 128 valence electrons. The molecule has 24 heavy (non-hydrogen) atoms. The van der Waals surface area contributed by atoms with Crippen LogP contribution >= 0.6 is 11.3 Å². The summed E-state index contributed by atoms with van der Waals surface area (Å²) in [6, 6.07) is 4.32. The predicted octanol–water partition coefficient (Wildman–Crippen LogP) is 3.84. The van der Waals surface area contributed by atoms with Crippen LogP contribution in [0.15, 0.2) is 34.3 Å². The maximum absolute atomic E-state index is 13.4. The van der Waals surface area contributed by atoms with E-state index in [9.17, 15) is 18.3 Å². The Kier molecular flexibility index (Phi) is 4.22. The minimum atomic E-state index is -4.86. The second kappa shape index (κ2) is 6.06. The molecular formula is C15H14F3N3O2S. The first kappa shape index (κ1) is 16.7. The van der Waals surface area contributed by atoms with Crippen LogP contribution in [0.5, 0.6) is 0 Å². The monoisotopic (exact) mass is 357 g/mol. The quantitative estimate of drug-likeness (QED) is 0.726. The van der Waals surface area contributed by atoms with Crippen molar-refractivity contribution < 1.29 is 22.7 Å². The number of anilines is 1. The number of aliphatic hydroxyl groups is 1. The predicted molar refractivity (Wildman–Crippen MR) is 83.9 cm³/mol. The number of nitrogens with zero attached hydrogens (tertiary/aromatic N) is 2. The SMILES string of the molecule is Cc1ccc([C@](O)(CCNc2ncnc3sccc23)C(F)(F)F)o1. The minimum absolute atomic E-state index is 0.141. The number of nitrogens with one attached hydrogen (secondary N) is 1. The van der Waals surface area contributed by atoms with Crippen molar-refractivity contribution in [2.75, 3.05) is 11.9 Å². The summed E-state index contributed by atoms with van der Waals surface area (Å²) in [5.74, 6) is 0.218. The lowest BCUT2D eigenvalue weighted by atomic mass is 9.95. The van der Waals surface area contributed by atoms with Gasteiger partial charge in [-0.2, -0.15) is 13.2 Å². The summed E-state index contributed by atoms with van der Waals surface area (Å²) >= 11 is 1.41. The standard InChI is InChI=1S/C15H14F3N3O2S/c1-9-2-3-11(23-9)14(22,15(16,17)18)5-6-19-12-10-4-7-24-13(10)21-8-20-12/h2-4,7-8,22H,5-6H2,1H3,(H,19,20,21)/t14-/m1/s1. The largest absolute Gasteiger partial charge is 0.463 e. The lowest BCUT2D eigenvalue weighted by Crippen LogP contribution is -2.43. The maximum atomic E-state index is 13.4. The van der Waals surface area contributed by atoms with Crippen LogP contribution in [0.4, 0.5) is 19.0 Å². The molecule has 0 saturated carbocycles. The normalized spacial score (nSPS) is 14.7. The van der Waals surface area contributed by atoms with Gasteiger partial charge in [0.05, 0.1) is 5.39 Å². The molecular weight excluding hydrogens is 343 g/mol. The van der Waals surface area contributed by atoms with Gasteiger partial charge in [0, 0.05) is 13.0 Å². The molecule has 0 radical (unpaired) electrons. The molecule has 0 fully saturated rings. The number of fused-ring (bicyclic) bond motifs is 1. The molecule has 9 heteroatoms. The van der Waals surface area contributed by atoms with Crippen molar-refractivity contribution in [2.45, 2.75) is 25.1 Å². The molecule has 1 atom stereocenters. The summed E-state index contributed by atoms with van der Waals surface area (Å²) in [7, 11) is 0. The highest BCUT2D eigenvalue weighted by Crippen LogP contribution is 2.42. The molecule has 0 aliphatic heterocycles.